The van der Waals surface area contributed by atoms with Gasteiger partial charge >= 0.3 is 0 Å². The number of benzene rings is 3. The molecule has 0 heterocycles. The molecule has 4 nitrogen and oxygen atoms in total. The standard InChI is InChI=1S/C29H32BrClN2O2S/c1-3-21(2)32-29(35)27(17-22-9-5-4-6-10-22)33(18-23-13-15-25(30)16-14-23)28(34)20-36-19-24-11-7-8-12-26(24)31/h4-16,21,27H,3,17-20H2,1-2H3,(H,32,35)/t21-,27+/m0/s1. The Morgan fingerprint density at radius 2 is 1.64 bits per heavy atom. The van der Waals surface area contributed by atoms with E-state index in [0.29, 0.717) is 23.7 Å². The number of nitrogens with one attached hydrogen (secondary N) is 1. The van der Waals surface area contributed by atoms with E-state index in [1.165, 1.54) is 11.8 Å². The summed E-state index contributed by atoms with van der Waals surface area (Å²) < 4.78 is 0.967. The third-order valence-electron chi connectivity index (χ3n) is 5.98. The second-order valence-corrected chi connectivity index (χ2v) is 11.1. The fourth-order valence-corrected chi connectivity index (χ4v) is 5.19. The number of carbonyl (C=O) groups excluding carboxylic acids is 2. The van der Waals surface area contributed by atoms with E-state index in [4.69, 9.17) is 11.6 Å². The zero-order chi connectivity index (χ0) is 25.9. The van der Waals surface area contributed by atoms with Crippen LogP contribution in [0.5, 0.6) is 0 Å². The SMILES string of the molecule is CC[C@H](C)NC(=O)[C@@H](Cc1ccccc1)N(Cc1ccc(Br)cc1)C(=O)CSCc1ccccc1Cl. The molecule has 0 saturated carbocycles. The van der Waals surface area contributed by atoms with Crippen molar-refractivity contribution < 1.29 is 9.59 Å². The Labute approximate surface area is 231 Å². The molecule has 0 saturated heterocycles. The van der Waals surface area contributed by atoms with Crippen LogP contribution in [0.2, 0.25) is 5.02 Å². The Balaban J connectivity index is 1.85. The number of amides is 2. The highest BCUT2D eigenvalue weighted by molar-refractivity contribution is 9.10. The summed E-state index contributed by atoms with van der Waals surface area (Å²) in [4.78, 5) is 28.9. The smallest absolute Gasteiger partial charge is 0.243 e. The average molecular weight is 588 g/mol. The summed E-state index contributed by atoms with van der Waals surface area (Å²) >= 11 is 11.3. The largest absolute Gasteiger partial charge is 0.352 e. The van der Waals surface area contributed by atoms with E-state index >= 15 is 0 Å². The first-order valence-corrected chi connectivity index (χ1v) is 14.4. The Morgan fingerprint density at radius 1 is 0.972 bits per heavy atom. The van der Waals surface area contributed by atoms with E-state index in [9.17, 15) is 9.59 Å². The van der Waals surface area contributed by atoms with Gasteiger partial charge in [0, 0.05) is 34.3 Å². The van der Waals surface area contributed by atoms with E-state index in [-0.39, 0.29) is 23.6 Å². The number of carbonyl (C=O) groups is 2. The maximum atomic E-state index is 13.7. The number of rotatable bonds is 12. The maximum absolute atomic E-state index is 13.7. The molecule has 1 N–H and O–H groups in total. The lowest BCUT2D eigenvalue weighted by Gasteiger charge is -2.32. The number of thioether (sulfide) groups is 1. The molecule has 36 heavy (non-hydrogen) atoms. The van der Waals surface area contributed by atoms with Gasteiger partial charge in [0.25, 0.3) is 0 Å². The van der Waals surface area contributed by atoms with Gasteiger partial charge < -0.3 is 10.2 Å². The van der Waals surface area contributed by atoms with Crippen LogP contribution in [0.4, 0.5) is 0 Å². The number of hydrogen-bond acceptors (Lipinski definition) is 3. The topological polar surface area (TPSA) is 49.4 Å². The molecule has 0 aromatic heterocycles. The lowest BCUT2D eigenvalue weighted by Crippen LogP contribution is -2.52. The van der Waals surface area contributed by atoms with Crippen molar-refractivity contribution in [1.29, 1.82) is 0 Å². The van der Waals surface area contributed by atoms with Gasteiger partial charge in [-0.15, -0.1) is 11.8 Å². The van der Waals surface area contributed by atoms with Gasteiger partial charge in [0.1, 0.15) is 6.04 Å². The van der Waals surface area contributed by atoms with Gasteiger partial charge in [-0.1, -0.05) is 95.1 Å². The molecule has 3 rings (SSSR count). The molecule has 0 aliphatic carbocycles. The molecule has 0 radical (unpaired) electrons. The number of hydrogen-bond donors (Lipinski definition) is 1. The summed E-state index contributed by atoms with van der Waals surface area (Å²) in [6, 6.07) is 24.8. The van der Waals surface area contributed by atoms with Crippen LogP contribution in [-0.2, 0) is 28.3 Å². The second-order valence-electron chi connectivity index (χ2n) is 8.76. The third-order valence-corrected chi connectivity index (χ3v) is 7.84. The van der Waals surface area contributed by atoms with Gasteiger partial charge in [0.05, 0.1) is 5.75 Å². The average Bonchev–Trinajstić information content (AvgIpc) is 2.88. The third kappa shape index (κ3) is 8.68. The first-order valence-electron chi connectivity index (χ1n) is 12.1. The van der Waals surface area contributed by atoms with Crippen LogP contribution in [0.1, 0.15) is 37.0 Å². The molecule has 0 bridgehead atoms. The molecule has 3 aromatic rings. The Kier molecular flexibility index (Phi) is 11.4. The molecule has 2 atom stereocenters. The van der Waals surface area contributed by atoms with Crippen molar-refractivity contribution in [2.45, 2.75) is 51.1 Å². The minimum atomic E-state index is -0.626. The Morgan fingerprint density at radius 3 is 2.31 bits per heavy atom. The van der Waals surface area contributed by atoms with Crippen LogP contribution in [0.15, 0.2) is 83.3 Å². The van der Waals surface area contributed by atoms with Crippen LogP contribution >= 0.6 is 39.3 Å². The highest BCUT2D eigenvalue weighted by Gasteiger charge is 2.30. The predicted molar refractivity (Wildman–Crippen MR) is 154 cm³/mol. The van der Waals surface area contributed by atoms with E-state index < -0.39 is 6.04 Å². The van der Waals surface area contributed by atoms with Crippen molar-refractivity contribution in [1.82, 2.24) is 10.2 Å². The van der Waals surface area contributed by atoms with Gasteiger partial charge in [0.2, 0.25) is 11.8 Å². The van der Waals surface area contributed by atoms with Crippen LogP contribution < -0.4 is 5.32 Å². The number of halogens is 2. The Hall–Kier alpha value is -2.28. The normalized spacial score (nSPS) is 12.6. The fourth-order valence-electron chi connectivity index (χ4n) is 3.73. The van der Waals surface area contributed by atoms with Crippen LogP contribution in [0.25, 0.3) is 0 Å². The minimum Gasteiger partial charge on any atom is -0.352 e. The fraction of sp³-hybridized carbons (Fsp3) is 0.310. The highest BCUT2D eigenvalue weighted by Crippen LogP contribution is 2.23. The first kappa shape index (κ1) is 28.3. The zero-order valence-corrected chi connectivity index (χ0v) is 23.8. The van der Waals surface area contributed by atoms with Gasteiger partial charge in [-0.2, -0.15) is 0 Å². The summed E-state index contributed by atoms with van der Waals surface area (Å²) in [5, 5.41) is 3.80. The van der Waals surface area contributed by atoms with Crippen molar-refractivity contribution in [3.05, 3.63) is 105 Å². The first-order chi connectivity index (χ1) is 17.4. The quantitative estimate of drug-likeness (QED) is 0.251. The molecular weight excluding hydrogens is 556 g/mol. The van der Waals surface area contributed by atoms with E-state index in [0.717, 1.165) is 27.6 Å². The molecule has 3 aromatic carbocycles. The van der Waals surface area contributed by atoms with E-state index in [1.54, 1.807) is 4.90 Å². The van der Waals surface area contributed by atoms with Gasteiger partial charge in [-0.05, 0) is 48.2 Å². The molecule has 0 fully saturated rings. The molecule has 190 valence electrons. The molecule has 7 heteroatoms. The minimum absolute atomic E-state index is 0.0232. The van der Waals surface area contributed by atoms with Crippen molar-refractivity contribution in [2.24, 2.45) is 0 Å². The predicted octanol–water partition coefficient (Wildman–Crippen LogP) is 6.89. The molecule has 0 unspecified atom stereocenters. The summed E-state index contributed by atoms with van der Waals surface area (Å²) in [6.45, 7) is 4.37. The molecular formula is C29H32BrClN2O2S. The second kappa shape index (κ2) is 14.5. The summed E-state index contributed by atoms with van der Waals surface area (Å²) in [6.07, 6.45) is 1.26. The monoisotopic (exact) mass is 586 g/mol. The van der Waals surface area contributed by atoms with Gasteiger partial charge in [0.15, 0.2) is 0 Å². The van der Waals surface area contributed by atoms with Crippen LogP contribution in [0, 0.1) is 0 Å². The van der Waals surface area contributed by atoms with Crippen molar-refractivity contribution in [3.8, 4) is 0 Å². The zero-order valence-electron chi connectivity index (χ0n) is 20.6. The van der Waals surface area contributed by atoms with E-state index in [2.05, 4.69) is 21.2 Å². The lowest BCUT2D eigenvalue weighted by molar-refractivity contribution is -0.139. The lowest BCUT2D eigenvalue weighted by atomic mass is 10.0. The number of nitrogens with zero attached hydrogens (tertiary/aromatic N) is 1. The summed E-state index contributed by atoms with van der Waals surface area (Å²) in [7, 11) is 0. The van der Waals surface area contributed by atoms with Crippen molar-refractivity contribution >= 4 is 51.1 Å². The van der Waals surface area contributed by atoms with Crippen molar-refractivity contribution in [3.63, 3.8) is 0 Å². The molecule has 2 amide bonds. The molecule has 0 spiro atoms. The Bertz CT molecular complexity index is 1130. The van der Waals surface area contributed by atoms with Crippen molar-refractivity contribution in [2.75, 3.05) is 5.75 Å². The summed E-state index contributed by atoms with van der Waals surface area (Å²) in [5.74, 6) is 0.675. The molecule has 0 aliphatic heterocycles. The van der Waals surface area contributed by atoms with Gasteiger partial charge in [-0.25, -0.2) is 0 Å². The molecule has 0 aliphatic rings. The van der Waals surface area contributed by atoms with Gasteiger partial charge in [-0.3, -0.25) is 9.59 Å². The van der Waals surface area contributed by atoms with Crippen LogP contribution in [-0.4, -0.2) is 34.6 Å². The summed E-state index contributed by atoms with van der Waals surface area (Å²) in [5.41, 5.74) is 2.97. The highest BCUT2D eigenvalue weighted by atomic mass is 79.9. The van der Waals surface area contributed by atoms with E-state index in [1.807, 2.05) is 92.7 Å². The van der Waals surface area contributed by atoms with Crippen LogP contribution in [0.3, 0.4) is 0 Å². The maximum Gasteiger partial charge on any atom is 0.243 e.